The summed E-state index contributed by atoms with van der Waals surface area (Å²) in [5.41, 5.74) is 5.86. The minimum Gasteiger partial charge on any atom is -0.353 e. The normalized spacial score (nSPS) is 18.8. The third-order valence-corrected chi connectivity index (χ3v) is 3.93. The fraction of sp³-hybridized carbons (Fsp3) is 0.929. The number of carbonyl (C=O) groups is 1. The molecule has 1 saturated heterocycles. The molecule has 1 aliphatic heterocycles. The van der Waals surface area contributed by atoms with E-state index in [2.05, 4.69) is 24.1 Å². The standard InChI is InChI=1S/C14H29N3O.ClH/c1-11(2)12(15)13(18)16-10-14(3,4)17-8-6-5-7-9-17;/h11-12H,5-10,15H2,1-4H3,(H,16,18);1H/t12-;/m0./s1. The first-order chi connectivity index (χ1) is 8.34. The predicted molar refractivity (Wildman–Crippen MR) is 82.6 cm³/mol. The molecule has 1 fully saturated rings. The third-order valence-electron chi connectivity index (χ3n) is 3.93. The lowest BCUT2D eigenvalue weighted by molar-refractivity contribution is -0.123. The number of rotatable bonds is 5. The van der Waals surface area contributed by atoms with Crippen molar-refractivity contribution in [2.75, 3.05) is 19.6 Å². The number of likely N-dealkylation sites (tertiary alicyclic amines) is 1. The van der Waals surface area contributed by atoms with E-state index in [0.29, 0.717) is 6.54 Å². The number of piperidine rings is 1. The quantitative estimate of drug-likeness (QED) is 0.812. The highest BCUT2D eigenvalue weighted by Gasteiger charge is 2.29. The highest BCUT2D eigenvalue weighted by atomic mass is 35.5. The van der Waals surface area contributed by atoms with Crippen LogP contribution in [0.15, 0.2) is 0 Å². The van der Waals surface area contributed by atoms with Crippen molar-refractivity contribution in [2.24, 2.45) is 11.7 Å². The second kappa shape index (κ2) is 8.08. The fourth-order valence-corrected chi connectivity index (χ4v) is 2.34. The Balaban J connectivity index is 0.00000324. The van der Waals surface area contributed by atoms with Crippen LogP contribution in [0.4, 0.5) is 0 Å². The molecule has 0 saturated carbocycles. The average Bonchev–Trinajstić information content (AvgIpc) is 2.36. The summed E-state index contributed by atoms with van der Waals surface area (Å²) in [4.78, 5) is 14.3. The molecule has 0 unspecified atom stereocenters. The molecule has 0 bridgehead atoms. The van der Waals surface area contributed by atoms with Crippen LogP contribution in [-0.4, -0.2) is 42.0 Å². The van der Waals surface area contributed by atoms with Crippen molar-refractivity contribution in [2.45, 2.75) is 58.5 Å². The number of hydrogen-bond donors (Lipinski definition) is 2. The van der Waals surface area contributed by atoms with Crippen LogP contribution in [0.25, 0.3) is 0 Å². The van der Waals surface area contributed by atoms with Gasteiger partial charge in [0.05, 0.1) is 6.04 Å². The SMILES string of the molecule is CC(C)[C@H](N)C(=O)NCC(C)(C)N1CCCCC1.Cl. The van der Waals surface area contributed by atoms with Crippen LogP contribution < -0.4 is 11.1 Å². The van der Waals surface area contributed by atoms with Crippen molar-refractivity contribution in [1.82, 2.24) is 10.2 Å². The highest BCUT2D eigenvalue weighted by molar-refractivity contribution is 5.85. The molecule has 1 amide bonds. The van der Waals surface area contributed by atoms with Gasteiger partial charge in [-0.15, -0.1) is 12.4 Å². The van der Waals surface area contributed by atoms with Crippen LogP contribution in [0, 0.1) is 5.92 Å². The molecule has 4 nitrogen and oxygen atoms in total. The molecule has 0 spiro atoms. The Bertz CT molecular complexity index is 276. The number of halogens is 1. The summed E-state index contributed by atoms with van der Waals surface area (Å²) in [6.45, 7) is 11.3. The predicted octanol–water partition coefficient (Wildman–Crippen LogP) is 1.77. The van der Waals surface area contributed by atoms with Gasteiger partial charge >= 0.3 is 0 Å². The van der Waals surface area contributed by atoms with Gasteiger partial charge in [-0.05, 0) is 45.7 Å². The van der Waals surface area contributed by atoms with Gasteiger partial charge in [0.25, 0.3) is 0 Å². The lowest BCUT2D eigenvalue weighted by Crippen LogP contribution is -2.55. The van der Waals surface area contributed by atoms with Crippen molar-refractivity contribution in [3.8, 4) is 0 Å². The summed E-state index contributed by atoms with van der Waals surface area (Å²) in [5.74, 6) is 0.151. The van der Waals surface area contributed by atoms with Crippen LogP contribution in [-0.2, 0) is 4.79 Å². The van der Waals surface area contributed by atoms with Gasteiger partial charge in [-0.25, -0.2) is 0 Å². The van der Waals surface area contributed by atoms with E-state index in [1.54, 1.807) is 0 Å². The fourth-order valence-electron chi connectivity index (χ4n) is 2.34. The van der Waals surface area contributed by atoms with Crippen LogP contribution in [0.5, 0.6) is 0 Å². The summed E-state index contributed by atoms with van der Waals surface area (Å²) < 4.78 is 0. The van der Waals surface area contributed by atoms with Crippen molar-refractivity contribution < 1.29 is 4.79 Å². The molecule has 19 heavy (non-hydrogen) atoms. The van der Waals surface area contributed by atoms with Gasteiger partial charge in [0.2, 0.25) is 5.91 Å². The van der Waals surface area contributed by atoms with Gasteiger partial charge in [0, 0.05) is 12.1 Å². The van der Waals surface area contributed by atoms with E-state index in [0.717, 1.165) is 13.1 Å². The van der Waals surface area contributed by atoms with E-state index < -0.39 is 6.04 Å². The first-order valence-corrected chi connectivity index (χ1v) is 7.13. The number of nitrogens with zero attached hydrogens (tertiary/aromatic N) is 1. The molecule has 0 radical (unpaired) electrons. The number of nitrogens with one attached hydrogen (secondary N) is 1. The molecule has 1 aliphatic rings. The topological polar surface area (TPSA) is 58.4 Å². The maximum absolute atomic E-state index is 11.9. The zero-order chi connectivity index (χ0) is 13.8. The number of amides is 1. The zero-order valence-corrected chi connectivity index (χ0v) is 13.6. The van der Waals surface area contributed by atoms with E-state index in [9.17, 15) is 4.79 Å². The summed E-state index contributed by atoms with van der Waals surface area (Å²) in [6, 6.07) is -0.401. The van der Waals surface area contributed by atoms with E-state index in [-0.39, 0.29) is 29.8 Å². The third kappa shape index (κ3) is 5.67. The molecule has 5 heteroatoms. The Morgan fingerprint density at radius 3 is 2.26 bits per heavy atom. The first kappa shape index (κ1) is 18.7. The van der Waals surface area contributed by atoms with E-state index >= 15 is 0 Å². The molecule has 1 heterocycles. The first-order valence-electron chi connectivity index (χ1n) is 7.13. The molecule has 0 aromatic carbocycles. The maximum atomic E-state index is 11.9. The van der Waals surface area contributed by atoms with E-state index in [1.165, 1.54) is 19.3 Å². The second-order valence-corrected chi connectivity index (χ2v) is 6.35. The zero-order valence-electron chi connectivity index (χ0n) is 12.7. The van der Waals surface area contributed by atoms with Crippen LogP contribution in [0.3, 0.4) is 0 Å². The molecule has 0 aromatic heterocycles. The number of carbonyl (C=O) groups excluding carboxylic acids is 1. The summed E-state index contributed by atoms with van der Waals surface area (Å²) in [6.07, 6.45) is 3.86. The summed E-state index contributed by atoms with van der Waals surface area (Å²) in [7, 11) is 0. The molecule has 0 aromatic rings. The molecular formula is C14H30ClN3O. The summed E-state index contributed by atoms with van der Waals surface area (Å²) >= 11 is 0. The van der Waals surface area contributed by atoms with Crippen molar-refractivity contribution in [1.29, 1.82) is 0 Å². The van der Waals surface area contributed by atoms with Crippen LogP contribution in [0.1, 0.15) is 47.0 Å². The lowest BCUT2D eigenvalue weighted by atomic mass is 9.98. The molecular weight excluding hydrogens is 262 g/mol. The van der Waals surface area contributed by atoms with Crippen molar-refractivity contribution >= 4 is 18.3 Å². The van der Waals surface area contributed by atoms with E-state index in [1.807, 2.05) is 13.8 Å². The number of nitrogens with two attached hydrogens (primary N) is 1. The number of hydrogen-bond acceptors (Lipinski definition) is 3. The van der Waals surface area contributed by atoms with Gasteiger partial charge in [-0.3, -0.25) is 9.69 Å². The van der Waals surface area contributed by atoms with Gasteiger partial charge in [-0.2, -0.15) is 0 Å². The van der Waals surface area contributed by atoms with Gasteiger partial charge in [0.1, 0.15) is 0 Å². The minimum atomic E-state index is -0.401. The molecule has 3 N–H and O–H groups in total. The smallest absolute Gasteiger partial charge is 0.237 e. The molecule has 1 rings (SSSR count). The Hall–Kier alpha value is -0.320. The lowest BCUT2D eigenvalue weighted by Gasteiger charge is -2.41. The minimum absolute atomic E-state index is 0. The van der Waals surface area contributed by atoms with Gasteiger partial charge in [-0.1, -0.05) is 20.3 Å². The Morgan fingerprint density at radius 2 is 1.79 bits per heavy atom. The molecule has 114 valence electrons. The second-order valence-electron chi connectivity index (χ2n) is 6.35. The maximum Gasteiger partial charge on any atom is 0.237 e. The van der Waals surface area contributed by atoms with Crippen molar-refractivity contribution in [3.63, 3.8) is 0 Å². The van der Waals surface area contributed by atoms with Crippen molar-refractivity contribution in [3.05, 3.63) is 0 Å². The van der Waals surface area contributed by atoms with Crippen LogP contribution >= 0.6 is 12.4 Å². The largest absolute Gasteiger partial charge is 0.353 e. The average molecular weight is 292 g/mol. The Labute approximate surface area is 123 Å². The molecule has 1 atom stereocenters. The van der Waals surface area contributed by atoms with Gasteiger partial charge in [0.15, 0.2) is 0 Å². The van der Waals surface area contributed by atoms with Crippen LogP contribution in [0.2, 0.25) is 0 Å². The Kier molecular flexibility index (Phi) is 7.94. The van der Waals surface area contributed by atoms with Gasteiger partial charge < -0.3 is 11.1 Å². The van der Waals surface area contributed by atoms with E-state index in [4.69, 9.17) is 5.73 Å². The monoisotopic (exact) mass is 291 g/mol. The highest BCUT2D eigenvalue weighted by Crippen LogP contribution is 2.19. The summed E-state index contributed by atoms with van der Waals surface area (Å²) in [5, 5.41) is 3.00. The Morgan fingerprint density at radius 1 is 1.26 bits per heavy atom. The molecule has 0 aliphatic carbocycles.